The Balaban J connectivity index is 2.84. The maximum atomic E-state index is 11.2. The summed E-state index contributed by atoms with van der Waals surface area (Å²) >= 11 is 0. The number of aryl methyl sites for hydroxylation is 1. The maximum Gasteiger partial charge on any atom is 0.184 e. The zero-order valence-electron chi connectivity index (χ0n) is 9.03. The average Bonchev–Trinajstić information content (AvgIpc) is 2.25. The van der Waals surface area contributed by atoms with Crippen molar-refractivity contribution in [2.45, 2.75) is 20.3 Å². The summed E-state index contributed by atoms with van der Waals surface area (Å²) in [6, 6.07) is 7.57. The Bertz CT molecular complexity index is 393. The van der Waals surface area contributed by atoms with Gasteiger partial charge >= 0.3 is 0 Å². The minimum absolute atomic E-state index is 0.0676. The Morgan fingerprint density at radius 2 is 2.27 bits per heavy atom. The third kappa shape index (κ3) is 3.10. The Labute approximate surface area is 89.9 Å². The number of Topliss-reactive ketones (excluding diaryl/α,β-unsaturated/α-hetero) is 1. The third-order valence-corrected chi connectivity index (χ3v) is 2.16. The van der Waals surface area contributed by atoms with E-state index in [1.807, 2.05) is 37.4 Å². The first kappa shape index (κ1) is 11.3. The van der Waals surface area contributed by atoms with E-state index in [1.54, 1.807) is 6.92 Å². The number of nitriles is 1. The summed E-state index contributed by atoms with van der Waals surface area (Å²) in [6.07, 6.45) is 2.49. The Morgan fingerprint density at radius 3 is 2.80 bits per heavy atom. The maximum absolute atomic E-state index is 11.2. The molecule has 15 heavy (non-hydrogen) atoms. The van der Waals surface area contributed by atoms with Gasteiger partial charge in [-0.05, 0) is 24.6 Å². The van der Waals surface area contributed by atoms with Crippen LogP contribution in [0.15, 0.2) is 24.3 Å². The molecule has 1 aromatic rings. The smallest absolute Gasteiger partial charge is 0.184 e. The Hall–Kier alpha value is -1.82. The lowest BCUT2D eigenvalue weighted by Gasteiger charge is -2.14. The van der Waals surface area contributed by atoms with Gasteiger partial charge in [0, 0.05) is 6.42 Å². The van der Waals surface area contributed by atoms with Crippen molar-refractivity contribution in [2.75, 3.05) is 11.4 Å². The van der Waals surface area contributed by atoms with Gasteiger partial charge in [-0.1, -0.05) is 19.1 Å². The summed E-state index contributed by atoms with van der Waals surface area (Å²) in [5.41, 5.74) is 1.86. The Morgan fingerprint density at radius 1 is 1.53 bits per heavy atom. The number of anilines is 1. The molecule has 78 valence electrons. The van der Waals surface area contributed by atoms with Crippen molar-refractivity contribution >= 4 is 11.5 Å². The molecule has 0 amide bonds. The predicted molar refractivity (Wildman–Crippen MR) is 59.4 cm³/mol. The number of rotatable bonds is 4. The van der Waals surface area contributed by atoms with Crippen molar-refractivity contribution in [1.29, 1.82) is 5.26 Å². The van der Waals surface area contributed by atoms with Gasteiger partial charge in [0.15, 0.2) is 12.0 Å². The van der Waals surface area contributed by atoms with Gasteiger partial charge in [-0.2, -0.15) is 5.26 Å². The highest BCUT2D eigenvalue weighted by Gasteiger charge is 2.09. The fourth-order valence-electron chi connectivity index (χ4n) is 1.27. The molecule has 0 radical (unpaired) electrons. The van der Waals surface area contributed by atoms with Crippen molar-refractivity contribution in [1.82, 2.24) is 0 Å². The predicted octanol–water partition coefficient (Wildman–Crippen LogP) is 2.26. The molecule has 0 aliphatic heterocycles. The summed E-state index contributed by atoms with van der Waals surface area (Å²) < 4.78 is 0. The second kappa shape index (κ2) is 5.16. The number of ketones is 1. The lowest BCUT2D eigenvalue weighted by atomic mass is 10.2. The molecular weight excluding hydrogens is 188 g/mol. The van der Waals surface area contributed by atoms with Gasteiger partial charge in [0.2, 0.25) is 0 Å². The molecule has 3 nitrogen and oxygen atoms in total. The van der Waals surface area contributed by atoms with Gasteiger partial charge in [0.05, 0.1) is 12.2 Å². The molecule has 0 aliphatic rings. The zero-order valence-corrected chi connectivity index (χ0v) is 9.03. The molecule has 0 aromatic heterocycles. The van der Waals surface area contributed by atoms with Crippen molar-refractivity contribution in [3.8, 4) is 6.19 Å². The molecule has 0 saturated carbocycles. The monoisotopic (exact) mass is 202 g/mol. The second-order valence-electron chi connectivity index (χ2n) is 3.42. The van der Waals surface area contributed by atoms with E-state index in [0.717, 1.165) is 11.3 Å². The molecule has 0 spiro atoms. The lowest BCUT2D eigenvalue weighted by Crippen LogP contribution is -2.24. The highest BCUT2D eigenvalue weighted by molar-refractivity contribution is 5.83. The largest absolute Gasteiger partial charge is 0.298 e. The van der Waals surface area contributed by atoms with Gasteiger partial charge < -0.3 is 0 Å². The van der Waals surface area contributed by atoms with Crippen LogP contribution >= 0.6 is 0 Å². The fraction of sp³-hybridized carbons (Fsp3) is 0.333. The van der Waals surface area contributed by atoms with Gasteiger partial charge in [-0.25, -0.2) is 0 Å². The van der Waals surface area contributed by atoms with E-state index >= 15 is 0 Å². The molecule has 0 unspecified atom stereocenters. The van der Waals surface area contributed by atoms with E-state index in [2.05, 4.69) is 0 Å². The van der Waals surface area contributed by atoms with Gasteiger partial charge in [0.1, 0.15) is 0 Å². The summed E-state index contributed by atoms with van der Waals surface area (Å²) in [5, 5.41) is 8.94. The van der Waals surface area contributed by atoms with Crippen LogP contribution in [-0.2, 0) is 4.79 Å². The van der Waals surface area contributed by atoms with Crippen LogP contribution in [0, 0.1) is 18.4 Å². The van der Waals surface area contributed by atoms with Crippen LogP contribution in [0.5, 0.6) is 0 Å². The Kier molecular flexibility index (Phi) is 3.87. The van der Waals surface area contributed by atoms with Gasteiger partial charge in [-0.3, -0.25) is 9.69 Å². The topological polar surface area (TPSA) is 44.1 Å². The van der Waals surface area contributed by atoms with E-state index in [0.29, 0.717) is 6.42 Å². The van der Waals surface area contributed by atoms with Crippen LogP contribution in [0.25, 0.3) is 0 Å². The molecule has 0 fully saturated rings. The van der Waals surface area contributed by atoms with E-state index < -0.39 is 0 Å². The average molecular weight is 202 g/mol. The first-order chi connectivity index (χ1) is 7.17. The molecule has 0 bridgehead atoms. The molecule has 1 rings (SSSR count). The molecule has 0 N–H and O–H groups in total. The number of hydrogen-bond acceptors (Lipinski definition) is 3. The van der Waals surface area contributed by atoms with Crippen molar-refractivity contribution in [3.63, 3.8) is 0 Å². The third-order valence-electron chi connectivity index (χ3n) is 2.16. The molecule has 0 heterocycles. The summed E-state index contributed by atoms with van der Waals surface area (Å²) in [5.74, 6) is 0.0676. The first-order valence-electron chi connectivity index (χ1n) is 4.93. The van der Waals surface area contributed by atoms with Crippen LogP contribution in [0.4, 0.5) is 5.69 Å². The SMILES string of the molecule is CCC(=O)CN(C#N)c1cccc(C)c1. The number of nitrogens with zero attached hydrogens (tertiary/aromatic N) is 2. The van der Waals surface area contributed by atoms with E-state index in [-0.39, 0.29) is 12.3 Å². The first-order valence-corrected chi connectivity index (χ1v) is 4.93. The van der Waals surface area contributed by atoms with Crippen molar-refractivity contribution in [2.24, 2.45) is 0 Å². The highest BCUT2D eigenvalue weighted by atomic mass is 16.1. The summed E-state index contributed by atoms with van der Waals surface area (Å²) in [4.78, 5) is 12.7. The second-order valence-corrected chi connectivity index (χ2v) is 3.42. The summed E-state index contributed by atoms with van der Waals surface area (Å²) in [7, 11) is 0. The van der Waals surface area contributed by atoms with Crippen LogP contribution < -0.4 is 4.90 Å². The molecule has 0 saturated heterocycles. The minimum Gasteiger partial charge on any atom is -0.298 e. The van der Waals surface area contributed by atoms with Gasteiger partial charge in [-0.15, -0.1) is 0 Å². The van der Waals surface area contributed by atoms with Crippen LogP contribution in [0.3, 0.4) is 0 Å². The normalized spacial score (nSPS) is 9.40. The number of carbonyl (C=O) groups is 1. The zero-order chi connectivity index (χ0) is 11.3. The molecule has 3 heteroatoms. The molecule has 0 atom stereocenters. The molecular formula is C12H14N2O. The van der Waals surface area contributed by atoms with E-state index in [9.17, 15) is 4.79 Å². The number of benzene rings is 1. The number of hydrogen-bond donors (Lipinski definition) is 0. The molecule has 0 aliphatic carbocycles. The fourth-order valence-corrected chi connectivity index (χ4v) is 1.27. The quantitative estimate of drug-likeness (QED) is 0.555. The standard InChI is InChI=1S/C12H14N2O/c1-3-12(15)8-14(9-13)11-6-4-5-10(2)7-11/h4-7H,3,8H2,1-2H3. The minimum atomic E-state index is 0.0676. The van der Waals surface area contributed by atoms with E-state index in [1.165, 1.54) is 4.90 Å². The van der Waals surface area contributed by atoms with Crippen molar-refractivity contribution < 1.29 is 4.79 Å². The molecule has 1 aromatic carbocycles. The van der Waals surface area contributed by atoms with Crippen LogP contribution in [0.2, 0.25) is 0 Å². The summed E-state index contributed by atoms with van der Waals surface area (Å²) in [6.45, 7) is 3.92. The van der Waals surface area contributed by atoms with Gasteiger partial charge in [0.25, 0.3) is 0 Å². The highest BCUT2D eigenvalue weighted by Crippen LogP contribution is 2.14. The van der Waals surface area contributed by atoms with E-state index in [4.69, 9.17) is 5.26 Å². The van der Waals surface area contributed by atoms with Crippen molar-refractivity contribution in [3.05, 3.63) is 29.8 Å². The lowest BCUT2D eigenvalue weighted by molar-refractivity contribution is -0.117. The number of carbonyl (C=O) groups excluding carboxylic acids is 1. The van der Waals surface area contributed by atoms with Crippen LogP contribution in [0.1, 0.15) is 18.9 Å². The van der Waals surface area contributed by atoms with Crippen LogP contribution in [-0.4, -0.2) is 12.3 Å².